The van der Waals surface area contributed by atoms with Gasteiger partial charge < -0.3 is 14.7 Å². The maximum atomic E-state index is 13.5. The Kier molecular flexibility index (Phi) is 9.16. The summed E-state index contributed by atoms with van der Waals surface area (Å²) in [4.78, 5) is 43.0. The van der Waals surface area contributed by atoms with Crippen LogP contribution in [0.25, 0.3) is 11.3 Å². The molecule has 14 heteroatoms. The average Bonchev–Trinajstić information content (AvgIpc) is 3.47. The van der Waals surface area contributed by atoms with Crippen LogP contribution in [0.1, 0.15) is 43.0 Å². The Hall–Kier alpha value is -3.78. The number of aliphatic imine (C=N–C) groups is 2. The number of nitrogens with one attached hydrogen (secondary N) is 1. The summed E-state index contributed by atoms with van der Waals surface area (Å²) < 4.78 is 45.5. The molecule has 0 radical (unpaired) electrons. The summed E-state index contributed by atoms with van der Waals surface area (Å²) in [6.45, 7) is 4.64. The second-order valence-electron chi connectivity index (χ2n) is 10.8. The van der Waals surface area contributed by atoms with E-state index in [0.717, 1.165) is 30.3 Å². The third kappa shape index (κ3) is 7.07. The Morgan fingerprint density at radius 1 is 1.19 bits per heavy atom. The third-order valence-corrected chi connectivity index (χ3v) is 8.96. The predicted octanol–water partition coefficient (Wildman–Crippen LogP) is 4.92. The first-order chi connectivity index (χ1) is 20.5. The summed E-state index contributed by atoms with van der Waals surface area (Å²) in [5, 5.41) is 12.4. The van der Waals surface area contributed by atoms with Crippen molar-refractivity contribution < 1.29 is 32.6 Å². The quantitative estimate of drug-likeness (QED) is 0.452. The summed E-state index contributed by atoms with van der Waals surface area (Å²) in [6.07, 6.45) is 3.15. The molecule has 2 unspecified atom stereocenters. The lowest BCUT2D eigenvalue weighted by molar-refractivity contribution is -0.143. The number of amides is 1. The zero-order valence-corrected chi connectivity index (χ0v) is 24.6. The highest BCUT2D eigenvalue weighted by atomic mass is 32.1. The number of nitrogens with zero attached hydrogens (tertiary/aromatic N) is 5. The van der Waals surface area contributed by atoms with Crippen LogP contribution in [0.4, 0.5) is 18.3 Å². The molecule has 4 heterocycles. The van der Waals surface area contributed by atoms with Crippen LogP contribution in [0.2, 0.25) is 0 Å². The molecule has 0 saturated carbocycles. The Labute approximate surface area is 251 Å². The summed E-state index contributed by atoms with van der Waals surface area (Å²) in [6, 6.07) is 3.17. The first-order valence-corrected chi connectivity index (χ1v) is 14.9. The Balaban J connectivity index is 1.34. The first-order valence-electron chi connectivity index (χ1n) is 14.1. The standard InChI is InChI=1S/C29H33F3N6O4S/c1-17-4-3-11-38(17)16-23-25(19-5-6-20(29(30,31)32)22(14-19)42-2)35-28(43-23)36-26(39)21-7-10-33-24(15-34-21)37-12-8-18(9-13-37)27(40)41/h5-7,10,14-15,17-18,21H,3-4,8-9,11-13,16H2,1-2H3,(H,40,41)(H,35,36,39). The molecular weight excluding hydrogens is 585 g/mol. The number of carboxylic acids is 1. The number of halogens is 3. The Morgan fingerprint density at radius 2 is 1.95 bits per heavy atom. The van der Waals surface area contributed by atoms with Gasteiger partial charge in [0.1, 0.15) is 17.6 Å². The van der Waals surface area contributed by atoms with Crippen LogP contribution in [-0.4, -0.2) is 82.6 Å². The number of carbonyl (C=O) groups excluding carboxylic acids is 1. The van der Waals surface area contributed by atoms with Gasteiger partial charge in [0.25, 0.3) is 5.91 Å². The van der Waals surface area contributed by atoms with Gasteiger partial charge >= 0.3 is 12.1 Å². The largest absolute Gasteiger partial charge is 0.496 e. The van der Waals surface area contributed by atoms with Crippen LogP contribution in [0.5, 0.6) is 5.75 Å². The number of aromatic nitrogens is 1. The third-order valence-electron chi connectivity index (χ3n) is 8.01. The van der Waals surface area contributed by atoms with E-state index in [-0.39, 0.29) is 11.7 Å². The van der Waals surface area contributed by atoms with Crippen LogP contribution < -0.4 is 10.1 Å². The van der Waals surface area contributed by atoms with E-state index in [4.69, 9.17) is 4.74 Å². The topological polar surface area (TPSA) is 120 Å². The van der Waals surface area contributed by atoms with Gasteiger partial charge in [-0.2, -0.15) is 13.2 Å². The molecular formula is C29H33F3N6O4S. The van der Waals surface area contributed by atoms with Gasteiger partial charge in [-0.1, -0.05) is 17.4 Å². The number of ether oxygens (including phenoxy) is 1. The predicted molar refractivity (Wildman–Crippen MR) is 158 cm³/mol. The molecule has 5 rings (SSSR count). The lowest BCUT2D eigenvalue weighted by Crippen LogP contribution is -2.41. The number of likely N-dealkylation sites (tertiary alicyclic amines) is 2. The zero-order valence-electron chi connectivity index (χ0n) is 23.8. The van der Waals surface area contributed by atoms with E-state index in [1.165, 1.54) is 43.0 Å². The summed E-state index contributed by atoms with van der Waals surface area (Å²) >= 11 is 1.28. The minimum absolute atomic E-state index is 0.301. The molecule has 2 atom stereocenters. The van der Waals surface area contributed by atoms with E-state index >= 15 is 0 Å². The van der Waals surface area contributed by atoms with E-state index in [1.54, 1.807) is 6.08 Å². The van der Waals surface area contributed by atoms with Gasteiger partial charge in [0.15, 0.2) is 5.13 Å². The molecule has 230 valence electrons. The molecule has 43 heavy (non-hydrogen) atoms. The normalized spacial score (nSPS) is 21.5. The van der Waals surface area contributed by atoms with Crippen molar-refractivity contribution in [2.75, 3.05) is 32.1 Å². The van der Waals surface area contributed by atoms with E-state index in [0.29, 0.717) is 60.7 Å². The van der Waals surface area contributed by atoms with Crippen molar-refractivity contribution in [2.45, 2.75) is 57.4 Å². The number of thiazole rings is 1. The fourth-order valence-electron chi connectivity index (χ4n) is 5.51. The van der Waals surface area contributed by atoms with Gasteiger partial charge in [-0.05, 0) is 57.4 Å². The molecule has 2 saturated heterocycles. The highest BCUT2D eigenvalue weighted by molar-refractivity contribution is 7.16. The number of alkyl halides is 3. The average molecular weight is 619 g/mol. The molecule has 0 bridgehead atoms. The van der Waals surface area contributed by atoms with Gasteiger partial charge in [-0.3, -0.25) is 24.8 Å². The van der Waals surface area contributed by atoms with Gasteiger partial charge in [0.05, 0.1) is 30.5 Å². The van der Waals surface area contributed by atoms with Crippen molar-refractivity contribution in [2.24, 2.45) is 15.9 Å². The van der Waals surface area contributed by atoms with E-state index in [9.17, 15) is 27.9 Å². The Bertz CT molecular complexity index is 1450. The highest BCUT2D eigenvalue weighted by Crippen LogP contribution is 2.40. The number of carboxylic acid groups (broad SMARTS) is 1. The lowest BCUT2D eigenvalue weighted by Gasteiger charge is -2.31. The van der Waals surface area contributed by atoms with E-state index < -0.39 is 29.7 Å². The van der Waals surface area contributed by atoms with E-state index in [2.05, 4.69) is 32.1 Å². The van der Waals surface area contributed by atoms with Crippen molar-refractivity contribution in [3.63, 3.8) is 0 Å². The fraction of sp³-hybridized carbons (Fsp3) is 0.483. The second kappa shape index (κ2) is 12.8. The molecule has 2 aromatic rings. The van der Waals surface area contributed by atoms with Gasteiger partial charge in [-0.15, -0.1) is 0 Å². The van der Waals surface area contributed by atoms with Crippen LogP contribution in [-0.2, 0) is 22.3 Å². The fourth-order valence-corrected chi connectivity index (χ4v) is 6.52. The van der Waals surface area contributed by atoms with Crippen molar-refractivity contribution in [1.82, 2.24) is 14.8 Å². The number of amidine groups is 1. The molecule has 1 aromatic heterocycles. The van der Waals surface area contributed by atoms with Gasteiger partial charge in [-0.25, -0.2) is 9.98 Å². The molecule has 3 aliphatic rings. The molecule has 2 N–H and O–H groups in total. The maximum absolute atomic E-state index is 13.5. The maximum Gasteiger partial charge on any atom is 0.419 e. The molecule has 2 fully saturated rings. The number of piperidine rings is 1. The van der Waals surface area contributed by atoms with Crippen molar-refractivity contribution in [3.05, 3.63) is 40.9 Å². The molecule has 0 aliphatic carbocycles. The molecule has 3 aliphatic heterocycles. The number of carbonyl (C=O) groups is 2. The summed E-state index contributed by atoms with van der Waals surface area (Å²) in [5.41, 5.74) is 0.0744. The SMILES string of the molecule is COc1cc(-c2nc(NC(=O)C3C=CN=C(N4CCC(C(=O)O)CC4)C=N3)sc2CN2CCCC2C)ccc1C(F)(F)F. The first kappa shape index (κ1) is 30.7. The lowest BCUT2D eigenvalue weighted by atomic mass is 9.97. The monoisotopic (exact) mass is 618 g/mol. The van der Waals surface area contributed by atoms with Crippen LogP contribution in [0.3, 0.4) is 0 Å². The minimum atomic E-state index is -4.57. The number of methoxy groups -OCH3 is 1. The molecule has 1 amide bonds. The number of anilines is 1. The summed E-state index contributed by atoms with van der Waals surface area (Å²) in [7, 11) is 1.20. The molecule has 0 spiro atoms. The Morgan fingerprint density at radius 3 is 2.60 bits per heavy atom. The molecule has 1 aromatic carbocycles. The second-order valence-corrected chi connectivity index (χ2v) is 11.9. The van der Waals surface area contributed by atoms with Gasteiger partial charge in [0.2, 0.25) is 0 Å². The number of aliphatic carboxylic acids is 1. The van der Waals surface area contributed by atoms with Crippen LogP contribution >= 0.6 is 11.3 Å². The van der Waals surface area contributed by atoms with Crippen molar-refractivity contribution in [3.8, 4) is 17.0 Å². The smallest absolute Gasteiger partial charge is 0.419 e. The number of rotatable bonds is 7. The summed E-state index contributed by atoms with van der Waals surface area (Å²) in [5.74, 6) is -1.34. The minimum Gasteiger partial charge on any atom is -0.496 e. The van der Waals surface area contributed by atoms with Crippen LogP contribution in [0, 0.1) is 5.92 Å². The highest BCUT2D eigenvalue weighted by Gasteiger charge is 2.35. The number of benzene rings is 1. The number of hydrogen-bond acceptors (Lipinski definition) is 9. The van der Waals surface area contributed by atoms with Crippen LogP contribution in [0.15, 0.2) is 40.5 Å². The van der Waals surface area contributed by atoms with Crippen molar-refractivity contribution in [1.29, 1.82) is 0 Å². The van der Waals surface area contributed by atoms with Gasteiger partial charge in [0, 0.05) is 42.3 Å². The van der Waals surface area contributed by atoms with Crippen molar-refractivity contribution >= 4 is 40.4 Å². The van der Waals surface area contributed by atoms with E-state index in [1.807, 2.05) is 4.90 Å². The number of hydrogen-bond donors (Lipinski definition) is 2. The zero-order chi connectivity index (χ0) is 30.7. The molecule has 10 nitrogen and oxygen atoms in total.